The first-order valence-electron chi connectivity index (χ1n) is 11.0. The zero-order valence-corrected chi connectivity index (χ0v) is 18.9. The van der Waals surface area contributed by atoms with Crippen LogP contribution in [0.15, 0.2) is 24.3 Å². The van der Waals surface area contributed by atoms with Crippen molar-refractivity contribution >= 4 is 17.1 Å². The van der Waals surface area contributed by atoms with Crippen LogP contribution in [-0.2, 0) is 4.74 Å². The predicted octanol–water partition coefficient (Wildman–Crippen LogP) is 6.12. The van der Waals surface area contributed by atoms with Crippen molar-refractivity contribution in [2.75, 3.05) is 13.1 Å². The highest BCUT2D eigenvalue weighted by atomic mass is 16.6. The fourth-order valence-electron chi connectivity index (χ4n) is 4.45. The summed E-state index contributed by atoms with van der Waals surface area (Å²) in [6, 6.07) is 8.12. The number of benzene rings is 1. The molecule has 1 aliphatic rings. The van der Waals surface area contributed by atoms with Gasteiger partial charge >= 0.3 is 6.09 Å². The second-order valence-electron chi connectivity index (χ2n) is 10.5. The van der Waals surface area contributed by atoms with E-state index >= 15 is 0 Å². The number of aromatic nitrogens is 2. The van der Waals surface area contributed by atoms with Crippen molar-refractivity contribution in [2.24, 2.45) is 11.3 Å². The summed E-state index contributed by atoms with van der Waals surface area (Å²) in [5.74, 6) is 1.87. The Kier molecular flexibility index (Phi) is 6.25. The Bertz CT molecular complexity index is 803. The van der Waals surface area contributed by atoms with Crippen LogP contribution in [0, 0.1) is 11.3 Å². The summed E-state index contributed by atoms with van der Waals surface area (Å²) in [6.07, 6.45) is 4.33. The van der Waals surface area contributed by atoms with Gasteiger partial charge < -0.3 is 14.6 Å². The maximum atomic E-state index is 12.9. The van der Waals surface area contributed by atoms with Gasteiger partial charge in [-0.15, -0.1) is 0 Å². The molecule has 2 heterocycles. The molecule has 1 amide bonds. The first-order valence-corrected chi connectivity index (χ1v) is 11.0. The molecule has 0 bridgehead atoms. The number of hydrogen-bond donors (Lipinski definition) is 1. The van der Waals surface area contributed by atoms with E-state index in [1.807, 2.05) is 43.9 Å². The average molecular weight is 400 g/mol. The van der Waals surface area contributed by atoms with Crippen LogP contribution < -0.4 is 0 Å². The minimum atomic E-state index is -0.489. The van der Waals surface area contributed by atoms with Crippen LogP contribution in [0.1, 0.15) is 79.0 Å². The number of likely N-dealkylation sites (tertiary alicyclic amines) is 1. The number of aromatic amines is 1. The Morgan fingerprint density at radius 3 is 2.72 bits per heavy atom. The molecule has 3 rings (SSSR count). The molecule has 5 heteroatoms. The molecule has 0 radical (unpaired) electrons. The molecule has 0 saturated carbocycles. The zero-order chi connectivity index (χ0) is 21.2. The smallest absolute Gasteiger partial charge is 0.410 e. The quantitative estimate of drug-likeness (QED) is 0.659. The lowest BCUT2D eigenvalue weighted by molar-refractivity contribution is 0.000464. The molecule has 1 aromatic heterocycles. The van der Waals surface area contributed by atoms with E-state index in [1.54, 1.807) is 0 Å². The van der Waals surface area contributed by atoms with Crippen LogP contribution in [0.5, 0.6) is 0 Å². The maximum Gasteiger partial charge on any atom is 0.410 e. The number of hydrogen-bond acceptors (Lipinski definition) is 3. The summed E-state index contributed by atoms with van der Waals surface area (Å²) in [5.41, 5.74) is 1.61. The lowest BCUT2D eigenvalue weighted by Gasteiger charge is -2.44. The van der Waals surface area contributed by atoms with Crippen molar-refractivity contribution < 1.29 is 9.53 Å². The normalized spacial score (nSPS) is 23.0. The number of H-pyrrole nitrogens is 1. The average Bonchev–Trinajstić information content (AvgIpc) is 3.03. The molecule has 0 aliphatic carbocycles. The lowest BCUT2D eigenvalue weighted by Crippen LogP contribution is -2.49. The van der Waals surface area contributed by atoms with Gasteiger partial charge in [0.2, 0.25) is 0 Å². The summed E-state index contributed by atoms with van der Waals surface area (Å²) in [6.45, 7) is 14.0. The van der Waals surface area contributed by atoms with Crippen LogP contribution in [0.25, 0.3) is 11.0 Å². The number of nitrogens with one attached hydrogen (secondary N) is 1. The van der Waals surface area contributed by atoms with Gasteiger partial charge in [0.15, 0.2) is 0 Å². The molecule has 1 unspecified atom stereocenters. The van der Waals surface area contributed by atoms with Gasteiger partial charge in [0.25, 0.3) is 0 Å². The van der Waals surface area contributed by atoms with Crippen LogP contribution in [-0.4, -0.2) is 39.7 Å². The summed E-state index contributed by atoms with van der Waals surface area (Å²) in [7, 11) is 0. The van der Waals surface area contributed by atoms with Crippen LogP contribution in [0.3, 0.4) is 0 Å². The van der Waals surface area contributed by atoms with Gasteiger partial charge in [-0.05, 0) is 57.1 Å². The van der Waals surface area contributed by atoms with E-state index in [9.17, 15) is 4.79 Å². The minimum Gasteiger partial charge on any atom is -0.444 e. The number of imidazole rings is 1. The van der Waals surface area contributed by atoms with Crippen molar-refractivity contribution in [3.05, 3.63) is 30.1 Å². The van der Waals surface area contributed by atoms with E-state index in [0.717, 1.165) is 36.2 Å². The third kappa shape index (κ3) is 5.74. The molecule has 1 aromatic carbocycles. The van der Waals surface area contributed by atoms with Crippen molar-refractivity contribution in [2.45, 2.75) is 78.7 Å². The molecule has 5 nitrogen and oxygen atoms in total. The summed E-state index contributed by atoms with van der Waals surface area (Å²) >= 11 is 0. The number of piperidine rings is 1. The molecule has 1 aliphatic heterocycles. The van der Waals surface area contributed by atoms with Crippen molar-refractivity contribution in [3.63, 3.8) is 0 Å². The molecule has 160 valence electrons. The molecular formula is C24H37N3O2. The number of amides is 1. The molecule has 1 N–H and O–H groups in total. The van der Waals surface area contributed by atoms with Gasteiger partial charge in [0, 0.05) is 19.0 Å². The van der Waals surface area contributed by atoms with Gasteiger partial charge in [-0.25, -0.2) is 9.78 Å². The topological polar surface area (TPSA) is 58.2 Å². The predicted molar refractivity (Wildman–Crippen MR) is 118 cm³/mol. The second-order valence-corrected chi connectivity index (χ2v) is 10.5. The second kappa shape index (κ2) is 8.37. The maximum absolute atomic E-state index is 12.9. The zero-order valence-electron chi connectivity index (χ0n) is 18.9. The molecule has 2 atom stereocenters. The van der Waals surface area contributed by atoms with Gasteiger partial charge in [0.05, 0.1) is 11.0 Å². The Hall–Kier alpha value is -2.04. The number of nitrogens with zero attached hydrogens (tertiary/aromatic N) is 2. The van der Waals surface area contributed by atoms with E-state index in [-0.39, 0.29) is 17.4 Å². The monoisotopic (exact) mass is 399 g/mol. The fourth-order valence-corrected chi connectivity index (χ4v) is 4.45. The Morgan fingerprint density at radius 2 is 2.07 bits per heavy atom. The van der Waals surface area contributed by atoms with E-state index in [4.69, 9.17) is 9.72 Å². The number of carbonyl (C=O) groups is 1. The minimum absolute atomic E-state index is 0.0632. The Labute approximate surface area is 175 Å². The van der Waals surface area contributed by atoms with Gasteiger partial charge in [0.1, 0.15) is 11.4 Å². The first-order chi connectivity index (χ1) is 13.5. The Morgan fingerprint density at radius 1 is 1.34 bits per heavy atom. The van der Waals surface area contributed by atoms with Gasteiger partial charge in [-0.2, -0.15) is 0 Å². The standard InChI is InChI=1S/C24H37N3O2/c1-17(2)10-9-13-24(6)14-18(15-27(16-24)22(28)29-23(3,4)5)21-25-19-11-7-8-12-20(19)26-21/h7-8,11-12,17-18H,9-10,13-16H2,1-6H3,(H,25,26)/t18-,24?/m1/s1. The van der Waals surface area contributed by atoms with Gasteiger partial charge in [-0.1, -0.05) is 45.7 Å². The van der Waals surface area contributed by atoms with Crippen molar-refractivity contribution in [1.82, 2.24) is 14.9 Å². The van der Waals surface area contributed by atoms with Gasteiger partial charge in [-0.3, -0.25) is 0 Å². The van der Waals surface area contributed by atoms with E-state index in [1.165, 1.54) is 12.8 Å². The molecule has 0 spiro atoms. The third-order valence-electron chi connectivity index (χ3n) is 5.76. The third-order valence-corrected chi connectivity index (χ3v) is 5.76. The number of fused-ring (bicyclic) bond motifs is 1. The van der Waals surface area contributed by atoms with Crippen LogP contribution in [0.2, 0.25) is 0 Å². The molecular weight excluding hydrogens is 362 g/mol. The Balaban J connectivity index is 1.83. The van der Waals surface area contributed by atoms with Crippen LogP contribution >= 0.6 is 0 Å². The summed E-state index contributed by atoms with van der Waals surface area (Å²) in [5, 5.41) is 0. The lowest BCUT2D eigenvalue weighted by atomic mass is 9.73. The van der Waals surface area contributed by atoms with E-state index in [0.29, 0.717) is 12.5 Å². The van der Waals surface area contributed by atoms with Crippen molar-refractivity contribution in [3.8, 4) is 0 Å². The number of carbonyl (C=O) groups excluding carboxylic acids is 1. The first kappa shape index (κ1) is 21.7. The number of para-hydroxylation sites is 2. The van der Waals surface area contributed by atoms with Crippen LogP contribution in [0.4, 0.5) is 4.79 Å². The highest BCUT2D eigenvalue weighted by molar-refractivity contribution is 5.75. The molecule has 29 heavy (non-hydrogen) atoms. The number of rotatable bonds is 5. The van der Waals surface area contributed by atoms with Crippen molar-refractivity contribution in [1.29, 1.82) is 0 Å². The highest BCUT2D eigenvalue weighted by Crippen LogP contribution is 2.41. The summed E-state index contributed by atoms with van der Waals surface area (Å²) in [4.78, 5) is 23.2. The van der Waals surface area contributed by atoms with E-state index in [2.05, 4.69) is 31.8 Å². The summed E-state index contributed by atoms with van der Waals surface area (Å²) < 4.78 is 5.71. The molecule has 1 saturated heterocycles. The number of ether oxygens (including phenoxy) is 1. The largest absolute Gasteiger partial charge is 0.444 e. The molecule has 2 aromatic rings. The fraction of sp³-hybridized carbons (Fsp3) is 0.667. The van der Waals surface area contributed by atoms with E-state index < -0.39 is 5.60 Å². The highest BCUT2D eigenvalue weighted by Gasteiger charge is 2.40. The molecule has 1 fully saturated rings. The SMILES string of the molecule is CC(C)CCCC1(C)C[C@@H](c2nc3ccccc3[nH]2)CN(C(=O)OC(C)(C)C)C1.